The second-order valence-corrected chi connectivity index (χ2v) is 7.24. The minimum Gasteiger partial charge on any atom is -0.388 e. The van der Waals surface area contributed by atoms with E-state index in [0.29, 0.717) is 19.8 Å². The Morgan fingerprint density at radius 2 is 1.65 bits per heavy atom. The summed E-state index contributed by atoms with van der Waals surface area (Å²) in [7, 11) is 0. The molecule has 0 saturated carbocycles. The molecule has 23 heavy (non-hydrogen) atoms. The third-order valence-electron chi connectivity index (χ3n) is 4.74. The SMILES string of the molecule is CCCCCCC1(CCC[C@H]2OC(C)(C)OC[C@H]2O)OCCO1. The molecule has 2 rings (SSSR count). The molecule has 0 unspecified atom stereocenters. The van der Waals surface area contributed by atoms with Crippen LogP contribution < -0.4 is 0 Å². The van der Waals surface area contributed by atoms with Crippen LogP contribution in [0, 0.1) is 0 Å². The van der Waals surface area contributed by atoms with Gasteiger partial charge in [-0.3, -0.25) is 0 Å². The van der Waals surface area contributed by atoms with Gasteiger partial charge in [-0.2, -0.15) is 0 Å². The molecule has 2 atom stereocenters. The summed E-state index contributed by atoms with van der Waals surface area (Å²) in [5, 5.41) is 10.0. The lowest BCUT2D eigenvalue weighted by molar-refractivity contribution is -0.305. The van der Waals surface area contributed by atoms with Crippen molar-refractivity contribution in [1.82, 2.24) is 0 Å². The fourth-order valence-electron chi connectivity index (χ4n) is 3.43. The van der Waals surface area contributed by atoms with Gasteiger partial charge in [0.1, 0.15) is 6.10 Å². The van der Waals surface area contributed by atoms with Crippen molar-refractivity contribution >= 4 is 0 Å². The molecule has 0 bridgehead atoms. The van der Waals surface area contributed by atoms with Crippen LogP contribution >= 0.6 is 0 Å². The summed E-state index contributed by atoms with van der Waals surface area (Å²) in [6.45, 7) is 7.73. The largest absolute Gasteiger partial charge is 0.388 e. The third-order valence-corrected chi connectivity index (χ3v) is 4.74. The second-order valence-electron chi connectivity index (χ2n) is 7.24. The summed E-state index contributed by atoms with van der Waals surface area (Å²) in [4.78, 5) is 0. The van der Waals surface area contributed by atoms with Crippen molar-refractivity contribution < 1.29 is 24.1 Å². The van der Waals surface area contributed by atoms with Gasteiger partial charge in [0.25, 0.3) is 0 Å². The van der Waals surface area contributed by atoms with Crippen LogP contribution in [0.15, 0.2) is 0 Å². The van der Waals surface area contributed by atoms with Gasteiger partial charge in [-0.25, -0.2) is 0 Å². The Morgan fingerprint density at radius 1 is 0.957 bits per heavy atom. The minimum absolute atomic E-state index is 0.169. The topological polar surface area (TPSA) is 57.2 Å². The zero-order chi connectivity index (χ0) is 16.8. The van der Waals surface area contributed by atoms with Gasteiger partial charge in [0, 0.05) is 12.8 Å². The van der Waals surface area contributed by atoms with E-state index < -0.39 is 17.7 Å². The Bertz CT molecular complexity index is 338. The predicted octanol–water partition coefficient (Wildman–Crippen LogP) is 3.38. The molecule has 0 aromatic heterocycles. The quantitative estimate of drug-likeness (QED) is 0.657. The number of hydrogen-bond donors (Lipinski definition) is 1. The monoisotopic (exact) mass is 330 g/mol. The van der Waals surface area contributed by atoms with Crippen molar-refractivity contribution in [2.24, 2.45) is 0 Å². The standard InChI is InChI=1S/C18H34O5/c1-4-5-6-7-10-18(20-12-13-21-18)11-8-9-16-15(19)14-22-17(2,3)23-16/h15-16,19H,4-14H2,1-3H3/t15-,16-/m1/s1. The van der Waals surface area contributed by atoms with Gasteiger partial charge in [-0.05, 0) is 33.1 Å². The Labute approximate surface area is 140 Å². The van der Waals surface area contributed by atoms with E-state index in [9.17, 15) is 5.11 Å². The fourth-order valence-corrected chi connectivity index (χ4v) is 3.43. The molecular weight excluding hydrogens is 296 g/mol. The summed E-state index contributed by atoms with van der Waals surface area (Å²) in [5.74, 6) is -1.01. The first-order valence-electron chi connectivity index (χ1n) is 9.24. The molecule has 136 valence electrons. The molecule has 2 aliphatic heterocycles. The van der Waals surface area contributed by atoms with Crippen LogP contribution in [0.3, 0.4) is 0 Å². The van der Waals surface area contributed by atoms with Gasteiger partial charge in [0.05, 0.1) is 25.9 Å². The molecule has 0 aliphatic carbocycles. The lowest BCUT2D eigenvalue weighted by Crippen LogP contribution is -2.48. The summed E-state index contributed by atoms with van der Waals surface area (Å²) in [6, 6.07) is 0. The lowest BCUT2D eigenvalue weighted by atomic mass is 9.98. The molecular formula is C18H34O5. The van der Waals surface area contributed by atoms with Crippen LogP contribution in [0.25, 0.3) is 0 Å². The van der Waals surface area contributed by atoms with Crippen molar-refractivity contribution in [2.45, 2.75) is 95.9 Å². The van der Waals surface area contributed by atoms with E-state index in [1.54, 1.807) is 0 Å². The Kier molecular flexibility index (Phi) is 7.29. The van der Waals surface area contributed by atoms with Crippen LogP contribution in [0.2, 0.25) is 0 Å². The van der Waals surface area contributed by atoms with Gasteiger partial charge >= 0.3 is 0 Å². The van der Waals surface area contributed by atoms with Crippen molar-refractivity contribution in [1.29, 1.82) is 0 Å². The highest BCUT2D eigenvalue weighted by atomic mass is 16.7. The maximum atomic E-state index is 10.0. The summed E-state index contributed by atoms with van der Waals surface area (Å²) >= 11 is 0. The number of ether oxygens (including phenoxy) is 4. The van der Waals surface area contributed by atoms with E-state index in [2.05, 4.69) is 6.92 Å². The van der Waals surface area contributed by atoms with Crippen molar-refractivity contribution in [3.8, 4) is 0 Å². The van der Waals surface area contributed by atoms with Crippen LogP contribution in [0.5, 0.6) is 0 Å². The first kappa shape index (κ1) is 19.1. The lowest BCUT2D eigenvalue weighted by Gasteiger charge is -2.39. The maximum Gasteiger partial charge on any atom is 0.168 e. The smallest absolute Gasteiger partial charge is 0.168 e. The van der Waals surface area contributed by atoms with E-state index in [0.717, 1.165) is 32.1 Å². The minimum atomic E-state index is -0.609. The van der Waals surface area contributed by atoms with E-state index >= 15 is 0 Å². The third kappa shape index (κ3) is 5.98. The highest BCUT2D eigenvalue weighted by molar-refractivity contribution is 4.80. The first-order chi connectivity index (χ1) is 11.0. The Balaban J connectivity index is 1.75. The van der Waals surface area contributed by atoms with E-state index in [-0.39, 0.29) is 6.10 Å². The summed E-state index contributed by atoms with van der Waals surface area (Å²) in [5.41, 5.74) is 0. The highest BCUT2D eigenvalue weighted by Crippen LogP contribution is 2.33. The van der Waals surface area contributed by atoms with Gasteiger partial charge in [-0.15, -0.1) is 0 Å². The molecule has 0 amide bonds. The fraction of sp³-hybridized carbons (Fsp3) is 1.00. The molecule has 0 aromatic carbocycles. The Hall–Kier alpha value is -0.200. The van der Waals surface area contributed by atoms with Crippen molar-refractivity contribution in [3.05, 3.63) is 0 Å². The zero-order valence-electron chi connectivity index (χ0n) is 15.0. The molecule has 1 N–H and O–H groups in total. The molecule has 5 nitrogen and oxygen atoms in total. The molecule has 2 fully saturated rings. The van der Waals surface area contributed by atoms with Crippen LogP contribution in [-0.2, 0) is 18.9 Å². The van der Waals surface area contributed by atoms with Gasteiger partial charge < -0.3 is 24.1 Å². The summed E-state index contributed by atoms with van der Waals surface area (Å²) in [6.07, 6.45) is 7.74. The number of rotatable bonds is 9. The van der Waals surface area contributed by atoms with Gasteiger partial charge in [-0.1, -0.05) is 26.2 Å². The van der Waals surface area contributed by atoms with E-state index in [1.807, 2.05) is 13.8 Å². The molecule has 0 radical (unpaired) electrons. The van der Waals surface area contributed by atoms with E-state index in [4.69, 9.17) is 18.9 Å². The highest BCUT2D eigenvalue weighted by Gasteiger charge is 2.38. The second kappa shape index (κ2) is 8.77. The molecule has 5 heteroatoms. The maximum absolute atomic E-state index is 10.0. The zero-order valence-corrected chi connectivity index (χ0v) is 15.0. The van der Waals surface area contributed by atoms with E-state index in [1.165, 1.54) is 19.3 Å². The van der Waals surface area contributed by atoms with Crippen molar-refractivity contribution in [2.75, 3.05) is 19.8 Å². The number of aliphatic hydroxyl groups excluding tert-OH is 1. The number of unbranched alkanes of at least 4 members (excludes halogenated alkanes) is 3. The molecule has 0 spiro atoms. The van der Waals surface area contributed by atoms with Gasteiger partial charge in [0.2, 0.25) is 0 Å². The molecule has 2 aliphatic rings. The number of aliphatic hydroxyl groups is 1. The number of hydrogen-bond acceptors (Lipinski definition) is 5. The van der Waals surface area contributed by atoms with Crippen LogP contribution in [-0.4, -0.2) is 48.7 Å². The normalized spacial score (nSPS) is 29.7. The van der Waals surface area contributed by atoms with Crippen LogP contribution in [0.1, 0.15) is 72.1 Å². The Morgan fingerprint density at radius 3 is 2.35 bits per heavy atom. The first-order valence-corrected chi connectivity index (χ1v) is 9.24. The average Bonchev–Trinajstić information content (AvgIpc) is 2.96. The average molecular weight is 330 g/mol. The molecule has 0 aromatic rings. The van der Waals surface area contributed by atoms with Crippen LogP contribution in [0.4, 0.5) is 0 Å². The van der Waals surface area contributed by atoms with Crippen molar-refractivity contribution in [3.63, 3.8) is 0 Å². The predicted molar refractivity (Wildman–Crippen MR) is 88.2 cm³/mol. The van der Waals surface area contributed by atoms with Gasteiger partial charge in [0.15, 0.2) is 11.6 Å². The molecule has 2 saturated heterocycles. The summed E-state index contributed by atoms with van der Waals surface area (Å²) < 4.78 is 23.2. The molecule has 2 heterocycles.